The van der Waals surface area contributed by atoms with E-state index in [0.717, 1.165) is 12.8 Å². The van der Waals surface area contributed by atoms with Crippen LogP contribution >= 0.6 is 0 Å². The first kappa shape index (κ1) is 13.6. The molecule has 1 aliphatic carbocycles. The van der Waals surface area contributed by atoms with Crippen molar-refractivity contribution in [2.45, 2.75) is 39.5 Å². The molecule has 0 saturated carbocycles. The molecule has 0 aromatic rings. The highest BCUT2D eigenvalue weighted by Gasteiger charge is 2.05. The van der Waals surface area contributed by atoms with Gasteiger partial charge in [0.05, 0.1) is 6.42 Å². The van der Waals surface area contributed by atoms with Crippen LogP contribution in [0.2, 0.25) is 0 Å². The molecule has 0 spiro atoms. The van der Waals surface area contributed by atoms with Gasteiger partial charge in [-0.2, -0.15) is 0 Å². The summed E-state index contributed by atoms with van der Waals surface area (Å²) in [5, 5.41) is 0. The molecule has 0 N–H and O–H groups in total. The Morgan fingerprint density at radius 2 is 2.20 bits per heavy atom. The average molecular weight is 210 g/mol. The Balaban J connectivity index is 0.000000921. The van der Waals surface area contributed by atoms with Crippen molar-refractivity contribution in [2.75, 3.05) is 0 Å². The van der Waals surface area contributed by atoms with E-state index in [1.165, 1.54) is 0 Å². The van der Waals surface area contributed by atoms with Gasteiger partial charge in [0.25, 0.3) is 0 Å². The van der Waals surface area contributed by atoms with Crippen LogP contribution in [0.5, 0.6) is 0 Å². The van der Waals surface area contributed by atoms with Gasteiger partial charge in [-0.3, -0.25) is 4.79 Å². The summed E-state index contributed by atoms with van der Waals surface area (Å²) >= 11 is 0. The molecule has 0 aromatic carbocycles. The molecule has 0 aliphatic heterocycles. The van der Waals surface area contributed by atoms with Crippen molar-refractivity contribution < 1.29 is 14.3 Å². The van der Waals surface area contributed by atoms with Crippen LogP contribution in [0, 0.1) is 0 Å². The van der Waals surface area contributed by atoms with Crippen LogP contribution in [0.3, 0.4) is 0 Å². The second-order valence-corrected chi connectivity index (χ2v) is 2.77. The molecule has 0 bridgehead atoms. The third-order valence-electron chi connectivity index (χ3n) is 1.66. The lowest BCUT2D eigenvalue weighted by Crippen LogP contribution is -2.04. The van der Waals surface area contributed by atoms with Crippen molar-refractivity contribution in [2.24, 2.45) is 0 Å². The van der Waals surface area contributed by atoms with Crippen molar-refractivity contribution in [3.05, 3.63) is 24.0 Å². The highest BCUT2D eigenvalue weighted by molar-refractivity contribution is 5.73. The molecule has 1 rings (SSSR count). The van der Waals surface area contributed by atoms with Crippen LogP contribution in [-0.4, -0.2) is 12.3 Å². The number of carbonyl (C=O) groups excluding carboxylic acids is 2. The molecule has 15 heavy (non-hydrogen) atoms. The van der Waals surface area contributed by atoms with Crippen molar-refractivity contribution in [1.29, 1.82) is 0 Å². The highest BCUT2D eigenvalue weighted by Crippen LogP contribution is 2.11. The van der Waals surface area contributed by atoms with Gasteiger partial charge in [-0.05, 0) is 25.0 Å². The van der Waals surface area contributed by atoms with Crippen LogP contribution in [0.4, 0.5) is 0 Å². The lowest BCUT2D eigenvalue weighted by Gasteiger charge is -2.06. The van der Waals surface area contributed by atoms with E-state index in [9.17, 15) is 9.59 Å². The van der Waals surface area contributed by atoms with E-state index in [0.29, 0.717) is 12.0 Å². The first-order valence-electron chi connectivity index (χ1n) is 5.34. The fourth-order valence-corrected chi connectivity index (χ4v) is 1.02. The van der Waals surface area contributed by atoms with Gasteiger partial charge in [0, 0.05) is 6.42 Å². The number of aldehydes is 1. The first-order valence-corrected chi connectivity index (χ1v) is 5.34. The molecule has 0 radical (unpaired) electrons. The van der Waals surface area contributed by atoms with Crippen LogP contribution in [-0.2, 0) is 14.3 Å². The standard InChI is InChI=1S/C10H12O3.C2H6/c11-8-4-7-10(12)13-9-5-2-1-3-6-9;1-2/h2,5-6,8H,1,3-4,7H2;1-2H3. The largest absolute Gasteiger partial charge is 0.427 e. The molecular formula is C12H18O3. The number of hydrogen-bond donors (Lipinski definition) is 0. The number of carbonyl (C=O) groups is 2. The fourth-order valence-electron chi connectivity index (χ4n) is 1.02. The molecule has 0 fully saturated rings. The number of rotatable bonds is 4. The monoisotopic (exact) mass is 210 g/mol. The predicted octanol–water partition coefficient (Wildman–Crippen LogP) is 2.77. The van der Waals surface area contributed by atoms with Crippen LogP contribution < -0.4 is 0 Å². The summed E-state index contributed by atoms with van der Waals surface area (Å²) in [6.45, 7) is 4.00. The quantitative estimate of drug-likeness (QED) is 0.529. The van der Waals surface area contributed by atoms with E-state index in [4.69, 9.17) is 4.74 Å². The van der Waals surface area contributed by atoms with Gasteiger partial charge in [-0.1, -0.05) is 19.9 Å². The van der Waals surface area contributed by atoms with E-state index in [-0.39, 0.29) is 18.8 Å². The van der Waals surface area contributed by atoms with Gasteiger partial charge in [0.2, 0.25) is 0 Å². The minimum atomic E-state index is -0.343. The zero-order valence-electron chi connectivity index (χ0n) is 9.36. The molecule has 0 unspecified atom stereocenters. The van der Waals surface area contributed by atoms with Crippen molar-refractivity contribution >= 4 is 12.3 Å². The third kappa shape index (κ3) is 6.66. The second-order valence-electron chi connectivity index (χ2n) is 2.77. The van der Waals surface area contributed by atoms with Gasteiger partial charge in [-0.15, -0.1) is 0 Å². The Bertz CT molecular complexity index is 252. The Kier molecular flexibility index (Phi) is 8.34. The first-order chi connectivity index (χ1) is 7.33. The lowest BCUT2D eigenvalue weighted by molar-refractivity contribution is -0.139. The van der Waals surface area contributed by atoms with Gasteiger partial charge in [-0.25, -0.2) is 0 Å². The summed E-state index contributed by atoms with van der Waals surface area (Å²) in [4.78, 5) is 21.0. The van der Waals surface area contributed by atoms with Crippen molar-refractivity contribution in [1.82, 2.24) is 0 Å². The van der Waals surface area contributed by atoms with Gasteiger partial charge >= 0.3 is 5.97 Å². The van der Waals surface area contributed by atoms with E-state index in [1.807, 2.05) is 26.0 Å². The topological polar surface area (TPSA) is 43.4 Å². The van der Waals surface area contributed by atoms with E-state index >= 15 is 0 Å². The lowest BCUT2D eigenvalue weighted by atomic mass is 10.2. The normalized spacial score (nSPS) is 13.3. The Labute approximate surface area is 90.8 Å². The predicted molar refractivity (Wildman–Crippen MR) is 59.2 cm³/mol. The molecule has 0 atom stereocenters. The molecule has 0 saturated heterocycles. The minimum Gasteiger partial charge on any atom is -0.427 e. The van der Waals surface area contributed by atoms with E-state index < -0.39 is 0 Å². The van der Waals surface area contributed by atoms with E-state index in [2.05, 4.69) is 0 Å². The molecule has 3 heteroatoms. The number of allylic oxidation sites excluding steroid dienone is 3. The summed E-state index contributed by atoms with van der Waals surface area (Å²) in [6, 6.07) is 0. The number of hydrogen-bond acceptors (Lipinski definition) is 3. The van der Waals surface area contributed by atoms with Crippen molar-refractivity contribution in [3.8, 4) is 0 Å². The summed E-state index contributed by atoms with van der Waals surface area (Å²) in [5.41, 5.74) is 0. The minimum absolute atomic E-state index is 0.161. The zero-order chi connectivity index (χ0) is 11.5. The smallest absolute Gasteiger partial charge is 0.311 e. The summed E-state index contributed by atoms with van der Waals surface area (Å²) < 4.78 is 4.97. The molecule has 84 valence electrons. The maximum Gasteiger partial charge on any atom is 0.311 e. The van der Waals surface area contributed by atoms with Crippen LogP contribution in [0.15, 0.2) is 24.0 Å². The SMILES string of the molecule is CC.O=CCCC(=O)OC1=CCCC=C1. The maximum atomic E-state index is 11.0. The third-order valence-corrected chi connectivity index (χ3v) is 1.66. The van der Waals surface area contributed by atoms with Gasteiger partial charge in [0.15, 0.2) is 0 Å². The average Bonchev–Trinajstić information content (AvgIpc) is 2.30. The zero-order valence-corrected chi connectivity index (χ0v) is 9.36. The molecular weight excluding hydrogens is 192 g/mol. The highest BCUT2D eigenvalue weighted by atomic mass is 16.5. The molecule has 0 aromatic heterocycles. The molecule has 0 amide bonds. The maximum absolute atomic E-state index is 11.0. The summed E-state index contributed by atoms with van der Waals surface area (Å²) in [7, 11) is 0. The molecule has 0 heterocycles. The Morgan fingerprint density at radius 3 is 2.73 bits per heavy atom. The van der Waals surface area contributed by atoms with Crippen LogP contribution in [0.1, 0.15) is 39.5 Å². The van der Waals surface area contributed by atoms with Crippen LogP contribution in [0.25, 0.3) is 0 Å². The summed E-state index contributed by atoms with van der Waals surface area (Å²) in [5.74, 6) is 0.257. The van der Waals surface area contributed by atoms with Crippen molar-refractivity contribution in [3.63, 3.8) is 0 Å². The molecule has 1 aliphatic rings. The Morgan fingerprint density at radius 1 is 1.47 bits per heavy atom. The number of esters is 1. The summed E-state index contributed by atoms with van der Waals surface area (Å²) in [6.07, 6.45) is 8.63. The second kappa shape index (κ2) is 9.19. The number of ether oxygens (including phenoxy) is 1. The van der Waals surface area contributed by atoms with E-state index in [1.54, 1.807) is 6.08 Å². The molecule has 3 nitrogen and oxygen atoms in total. The van der Waals surface area contributed by atoms with Gasteiger partial charge < -0.3 is 9.53 Å². The Hall–Kier alpha value is -1.38. The fraction of sp³-hybridized carbons (Fsp3) is 0.500. The van der Waals surface area contributed by atoms with Gasteiger partial charge in [0.1, 0.15) is 12.0 Å².